The maximum absolute atomic E-state index is 13.2. The molecular formula is C19H24N2O3. The lowest BCUT2D eigenvalue weighted by Gasteiger charge is -2.45. The van der Waals surface area contributed by atoms with Crippen LogP contribution < -0.4 is 5.32 Å². The largest absolute Gasteiger partial charge is 0.459 e. The van der Waals surface area contributed by atoms with Gasteiger partial charge in [0.05, 0.1) is 0 Å². The first kappa shape index (κ1) is 15.6. The number of amides is 1. The summed E-state index contributed by atoms with van der Waals surface area (Å²) in [6.07, 6.45) is 3.94. The first-order valence-electron chi connectivity index (χ1n) is 8.97. The summed E-state index contributed by atoms with van der Waals surface area (Å²) in [5.74, 6) is 0.0996. The van der Waals surface area contributed by atoms with Crippen LogP contribution in [0.5, 0.6) is 0 Å². The van der Waals surface area contributed by atoms with E-state index in [4.69, 9.17) is 4.74 Å². The Morgan fingerprint density at radius 2 is 1.96 bits per heavy atom. The summed E-state index contributed by atoms with van der Waals surface area (Å²) in [7, 11) is 0. The topological polar surface area (TPSA) is 58.6 Å². The number of carbonyl (C=O) groups is 2. The van der Waals surface area contributed by atoms with Crippen LogP contribution in [0.1, 0.15) is 37.7 Å². The number of hydrogen-bond acceptors (Lipinski definition) is 4. The number of nitrogens with one attached hydrogen (secondary N) is 1. The number of esters is 1. The average Bonchev–Trinajstić information content (AvgIpc) is 2.63. The molecule has 2 atom stereocenters. The van der Waals surface area contributed by atoms with E-state index in [0.717, 1.165) is 38.0 Å². The van der Waals surface area contributed by atoms with Crippen molar-refractivity contribution in [2.75, 3.05) is 19.6 Å². The Labute approximate surface area is 142 Å². The highest BCUT2D eigenvalue weighted by atomic mass is 16.5. The normalized spacial score (nSPS) is 35.3. The zero-order valence-corrected chi connectivity index (χ0v) is 13.9. The quantitative estimate of drug-likeness (QED) is 0.860. The van der Waals surface area contributed by atoms with E-state index in [1.807, 2.05) is 30.3 Å². The number of benzene rings is 1. The highest BCUT2D eigenvalue weighted by Crippen LogP contribution is 2.35. The van der Waals surface area contributed by atoms with E-state index in [9.17, 15) is 9.59 Å². The van der Waals surface area contributed by atoms with Crippen LogP contribution >= 0.6 is 0 Å². The molecule has 0 saturated carbocycles. The van der Waals surface area contributed by atoms with Crippen LogP contribution in [0.15, 0.2) is 30.3 Å². The van der Waals surface area contributed by atoms with Crippen molar-refractivity contribution >= 4 is 11.9 Å². The molecule has 1 aromatic rings. The number of carbonyl (C=O) groups excluding carboxylic acids is 2. The van der Waals surface area contributed by atoms with Gasteiger partial charge in [0.1, 0.15) is 6.10 Å². The standard InChI is InChI=1S/C19H24N2O3/c22-17-7-4-10-19(20-17,15-5-2-1-3-6-15)18(23)24-16-13-21-11-8-14(16)9-12-21/h1-3,5-6,14,16H,4,7-13H2,(H,20,22). The molecule has 0 aliphatic carbocycles. The first-order chi connectivity index (χ1) is 11.7. The number of rotatable bonds is 3. The maximum Gasteiger partial charge on any atom is 0.336 e. The van der Waals surface area contributed by atoms with Crippen molar-refractivity contribution in [3.05, 3.63) is 35.9 Å². The van der Waals surface area contributed by atoms with Crippen LogP contribution in [-0.2, 0) is 19.9 Å². The van der Waals surface area contributed by atoms with Crippen LogP contribution in [0.4, 0.5) is 0 Å². The minimum absolute atomic E-state index is 0.0422. The van der Waals surface area contributed by atoms with E-state index in [1.165, 1.54) is 0 Å². The Balaban J connectivity index is 1.59. The second-order valence-electron chi connectivity index (χ2n) is 7.25. The molecule has 0 aromatic heterocycles. The Morgan fingerprint density at radius 1 is 1.21 bits per heavy atom. The predicted octanol–water partition coefficient (Wildman–Crippen LogP) is 1.82. The molecule has 5 rings (SSSR count). The van der Waals surface area contributed by atoms with Crippen LogP contribution in [0, 0.1) is 5.92 Å². The van der Waals surface area contributed by atoms with Crippen LogP contribution in [0.25, 0.3) is 0 Å². The van der Waals surface area contributed by atoms with E-state index in [2.05, 4.69) is 10.2 Å². The van der Waals surface area contributed by atoms with E-state index in [0.29, 0.717) is 25.2 Å². The fraction of sp³-hybridized carbons (Fsp3) is 0.579. The third-order valence-electron chi connectivity index (χ3n) is 5.78. The van der Waals surface area contributed by atoms with Crippen molar-refractivity contribution in [1.29, 1.82) is 0 Å². The molecule has 2 bridgehead atoms. The van der Waals surface area contributed by atoms with Crippen molar-refractivity contribution in [3.63, 3.8) is 0 Å². The molecule has 4 saturated heterocycles. The van der Waals surface area contributed by atoms with Crippen molar-refractivity contribution in [2.45, 2.75) is 43.7 Å². The van der Waals surface area contributed by atoms with Gasteiger partial charge in [-0.25, -0.2) is 4.79 Å². The van der Waals surface area contributed by atoms with Crippen LogP contribution in [-0.4, -0.2) is 42.5 Å². The van der Waals surface area contributed by atoms with Gasteiger partial charge in [-0.1, -0.05) is 30.3 Å². The monoisotopic (exact) mass is 328 g/mol. The summed E-state index contributed by atoms with van der Waals surface area (Å²) in [5, 5.41) is 2.95. The van der Waals surface area contributed by atoms with Gasteiger partial charge in [0, 0.05) is 13.0 Å². The Hall–Kier alpha value is -1.88. The Bertz CT molecular complexity index is 625. The molecule has 1 N–H and O–H groups in total. The van der Waals surface area contributed by atoms with Gasteiger partial charge in [-0.3, -0.25) is 9.69 Å². The fourth-order valence-corrected chi connectivity index (χ4v) is 4.37. The Morgan fingerprint density at radius 3 is 2.58 bits per heavy atom. The number of nitrogens with zero attached hydrogens (tertiary/aromatic N) is 1. The van der Waals surface area contributed by atoms with Gasteiger partial charge in [0.2, 0.25) is 5.91 Å². The molecule has 4 fully saturated rings. The molecule has 4 heterocycles. The molecule has 128 valence electrons. The van der Waals surface area contributed by atoms with Gasteiger partial charge < -0.3 is 10.1 Å². The zero-order valence-electron chi connectivity index (χ0n) is 13.9. The average molecular weight is 328 g/mol. The number of fused-ring (bicyclic) bond motifs is 3. The predicted molar refractivity (Wildman–Crippen MR) is 89.2 cm³/mol. The molecule has 5 nitrogen and oxygen atoms in total. The molecular weight excluding hydrogens is 304 g/mol. The number of ether oxygens (including phenoxy) is 1. The second-order valence-corrected chi connectivity index (χ2v) is 7.25. The summed E-state index contributed by atoms with van der Waals surface area (Å²) < 4.78 is 5.98. The number of hydrogen-bond donors (Lipinski definition) is 1. The van der Waals surface area contributed by atoms with Gasteiger partial charge in [0.25, 0.3) is 0 Å². The van der Waals surface area contributed by atoms with Gasteiger partial charge in [-0.15, -0.1) is 0 Å². The summed E-state index contributed by atoms with van der Waals surface area (Å²) in [6, 6.07) is 9.53. The number of piperidine rings is 4. The van der Waals surface area contributed by atoms with E-state index in [1.54, 1.807) is 0 Å². The minimum atomic E-state index is -1.03. The van der Waals surface area contributed by atoms with E-state index < -0.39 is 5.54 Å². The molecule has 4 aliphatic rings. The summed E-state index contributed by atoms with van der Waals surface area (Å²) in [5.41, 5.74) is -0.202. The van der Waals surface area contributed by atoms with Crippen molar-refractivity contribution in [3.8, 4) is 0 Å². The van der Waals surface area contributed by atoms with E-state index >= 15 is 0 Å². The summed E-state index contributed by atoms with van der Waals surface area (Å²) in [4.78, 5) is 27.6. The second kappa shape index (κ2) is 6.20. The third-order valence-corrected chi connectivity index (χ3v) is 5.78. The van der Waals surface area contributed by atoms with E-state index in [-0.39, 0.29) is 18.0 Å². The molecule has 4 aliphatic heterocycles. The third kappa shape index (κ3) is 2.71. The molecule has 5 heteroatoms. The molecule has 24 heavy (non-hydrogen) atoms. The summed E-state index contributed by atoms with van der Waals surface area (Å²) >= 11 is 0. The lowest BCUT2D eigenvalue weighted by molar-refractivity contribution is -0.170. The smallest absolute Gasteiger partial charge is 0.336 e. The molecule has 1 aromatic carbocycles. The van der Waals surface area contributed by atoms with Crippen molar-refractivity contribution in [2.24, 2.45) is 5.92 Å². The van der Waals surface area contributed by atoms with Gasteiger partial charge >= 0.3 is 5.97 Å². The molecule has 1 amide bonds. The lowest BCUT2D eigenvalue weighted by atomic mass is 9.81. The SMILES string of the molecule is O=C1CCCC(C(=O)OC2CN3CCC2CC3)(c2ccccc2)N1. The summed E-state index contributed by atoms with van der Waals surface area (Å²) in [6.45, 7) is 3.05. The zero-order chi connectivity index (χ0) is 16.6. The van der Waals surface area contributed by atoms with Crippen molar-refractivity contribution < 1.29 is 14.3 Å². The molecule has 2 unspecified atom stereocenters. The first-order valence-corrected chi connectivity index (χ1v) is 8.97. The minimum Gasteiger partial charge on any atom is -0.459 e. The van der Waals surface area contributed by atoms with Crippen molar-refractivity contribution in [1.82, 2.24) is 10.2 Å². The van der Waals surface area contributed by atoms with Gasteiger partial charge in [0.15, 0.2) is 5.54 Å². The molecule has 0 radical (unpaired) electrons. The highest BCUT2D eigenvalue weighted by Gasteiger charge is 2.47. The highest BCUT2D eigenvalue weighted by molar-refractivity contribution is 5.90. The van der Waals surface area contributed by atoms with Crippen LogP contribution in [0.3, 0.4) is 0 Å². The van der Waals surface area contributed by atoms with Gasteiger partial charge in [-0.2, -0.15) is 0 Å². The fourth-order valence-electron chi connectivity index (χ4n) is 4.37. The lowest BCUT2D eigenvalue weighted by Crippen LogP contribution is -2.58. The van der Waals surface area contributed by atoms with Crippen LogP contribution in [0.2, 0.25) is 0 Å². The maximum atomic E-state index is 13.2. The Kier molecular flexibility index (Phi) is 4.04. The molecule has 0 spiro atoms. The van der Waals surface area contributed by atoms with Gasteiger partial charge in [-0.05, 0) is 50.3 Å².